The van der Waals surface area contributed by atoms with E-state index in [9.17, 15) is 14.8 Å². The molecule has 5 rings (SSSR count). The lowest BCUT2D eigenvalue weighted by Crippen LogP contribution is -2.53. The molecular formula is C30H44N8O4. The smallest absolute Gasteiger partial charge is 0.407 e. The highest BCUT2D eigenvalue weighted by Gasteiger charge is 2.36. The lowest BCUT2D eigenvalue weighted by Gasteiger charge is -2.51. The minimum Gasteiger partial charge on any atom is -0.633 e. The van der Waals surface area contributed by atoms with Crippen LogP contribution in [0.2, 0.25) is 0 Å². The van der Waals surface area contributed by atoms with Crippen molar-refractivity contribution in [2.24, 2.45) is 5.73 Å². The van der Waals surface area contributed by atoms with Crippen molar-refractivity contribution in [3.8, 4) is 0 Å². The number of nitrogens with two attached hydrogens (primary N) is 1. The number of nitrogens with zero attached hydrogens (tertiary/aromatic N) is 5. The van der Waals surface area contributed by atoms with Gasteiger partial charge < -0.3 is 35.9 Å². The maximum Gasteiger partial charge on any atom is 0.407 e. The van der Waals surface area contributed by atoms with Crippen LogP contribution in [0, 0.1) is 5.21 Å². The third kappa shape index (κ3) is 7.27. The molecule has 228 valence electrons. The fourth-order valence-corrected chi connectivity index (χ4v) is 6.51. The molecule has 2 aromatic rings. The first-order valence-corrected chi connectivity index (χ1v) is 15.2. The standard InChI is InChI=1S/C30H44N8O4/c1-30(2,3)42-29(40)33-23-7-6-16-37(19-23)28-34-27(25(26(31)39)35-36-28)32-22-12-10-20(11-13-22)21-14-17-38(41,18-15-21)24-8-4-5-9-24/h10-13,21,23-24H,4-9,14-19H2,1-3H3,(H2,31,39)(H,33,40)(H,32,34,36)/t21?,23-,38?/m1/s1. The molecule has 3 aliphatic rings. The van der Waals surface area contributed by atoms with E-state index >= 15 is 0 Å². The van der Waals surface area contributed by atoms with E-state index in [-0.39, 0.29) is 22.2 Å². The minimum absolute atomic E-state index is 0.0100. The summed E-state index contributed by atoms with van der Waals surface area (Å²) in [6.45, 7) is 8.03. The van der Waals surface area contributed by atoms with Crippen molar-refractivity contribution in [1.82, 2.24) is 20.5 Å². The fourth-order valence-electron chi connectivity index (χ4n) is 6.51. The maximum atomic E-state index is 13.3. The first kappa shape index (κ1) is 30.0. The number of benzene rings is 1. The molecule has 3 heterocycles. The van der Waals surface area contributed by atoms with Gasteiger partial charge in [-0.3, -0.25) is 4.79 Å². The summed E-state index contributed by atoms with van der Waals surface area (Å²) in [5, 5.41) is 27.7. The summed E-state index contributed by atoms with van der Waals surface area (Å²) in [6, 6.07) is 8.21. The molecule has 3 fully saturated rings. The Labute approximate surface area is 247 Å². The van der Waals surface area contributed by atoms with Gasteiger partial charge in [0.25, 0.3) is 5.91 Å². The number of carbonyl (C=O) groups excluding carboxylic acids is 2. The van der Waals surface area contributed by atoms with Gasteiger partial charge in [0.2, 0.25) is 5.95 Å². The van der Waals surface area contributed by atoms with Gasteiger partial charge in [-0.25, -0.2) is 4.79 Å². The van der Waals surface area contributed by atoms with Crippen molar-refractivity contribution in [2.75, 3.05) is 36.4 Å². The second-order valence-corrected chi connectivity index (χ2v) is 13.0. The average molecular weight is 581 g/mol. The Balaban J connectivity index is 1.23. The number of quaternary nitrogens is 1. The summed E-state index contributed by atoms with van der Waals surface area (Å²) in [5.41, 5.74) is 6.92. The molecule has 0 radical (unpaired) electrons. The van der Waals surface area contributed by atoms with Crippen molar-refractivity contribution in [3.63, 3.8) is 0 Å². The van der Waals surface area contributed by atoms with Crippen molar-refractivity contribution in [1.29, 1.82) is 0 Å². The molecule has 4 N–H and O–H groups in total. The van der Waals surface area contributed by atoms with Crippen LogP contribution in [0.4, 0.5) is 22.2 Å². The number of amides is 2. The van der Waals surface area contributed by atoms with Crippen LogP contribution in [0.1, 0.15) is 94.1 Å². The number of hydrogen-bond acceptors (Lipinski definition) is 9. The highest BCUT2D eigenvalue weighted by atomic mass is 16.6. The average Bonchev–Trinajstić information content (AvgIpc) is 3.49. The molecule has 1 atom stereocenters. The summed E-state index contributed by atoms with van der Waals surface area (Å²) < 4.78 is 5.39. The van der Waals surface area contributed by atoms with Gasteiger partial charge in [0.15, 0.2) is 11.5 Å². The fraction of sp³-hybridized carbons (Fsp3) is 0.633. The molecule has 1 aromatic carbocycles. The van der Waals surface area contributed by atoms with E-state index < -0.39 is 17.6 Å². The van der Waals surface area contributed by atoms with Crippen LogP contribution < -0.4 is 21.3 Å². The number of primary amides is 1. The number of likely N-dealkylation sites (tertiary alicyclic amines) is 1. The monoisotopic (exact) mass is 580 g/mol. The Bertz CT molecular complexity index is 1250. The molecule has 2 aliphatic heterocycles. The van der Waals surface area contributed by atoms with Gasteiger partial charge in [0.1, 0.15) is 5.60 Å². The van der Waals surface area contributed by atoms with E-state index in [1.807, 2.05) is 37.8 Å². The Hall–Kier alpha value is -3.51. The quantitative estimate of drug-likeness (QED) is 0.320. The molecule has 0 unspecified atom stereocenters. The van der Waals surface area contributed by atoms with Crippen molar-refractivity contribution in [2.45, 2.75) is 95.7 Å². The van der Waals surface area contributed by atoms with E-state index in [2.05, 4.69) is 37.9 Å². The molecule has 1 aliphatic carbocycles. The summed E-state index contributed by atoms with van der Waals surface area (Å²) in [4.78, 5) is 31.0. The van der Waals surface area contributed by atoms with E-state index in [0.717, 1.165) is 44.2 Å². The Morgan fingerprint density at radius 3 is 2.36 bits per heavy atom. The highest BCUT2D eigenvalue weighted by molar-refractivity contribution is 5.96. The molecule has 1 saturated carbocycles. The molecule has 1 aromatic heterocycles. The van der Waals surface area contributed by atoms with Crippen LogP contribution in [0.3, 0.4) is 0 Å². The number of hydroxylamine groups is 3. The lowest BCUT2D eigenvalue weighted by molar-refractivity contribution is -0.909. The number of rotatable bonds is 7. The van der Waals surface area contributed by atoms with E-state index in [4.69, 9.17) is 10.5 Å². The number of anilines is 3. The van der Waals surface area contributed by atoms with Crippen LogP contribution in [0.15, 0.2) is 24.3 Å². The minimum atomic E-state index is -0.729. The van der Waals surface area contributed by atoms with Crippen molar-refractivity contribution >= 4 is 29.5 Å². The van der Waals surface area contributed by atoms with E-state index in [1.54, 1.807) is 0 Å². The normalized spacial score (nSPS) is 25.2. The largest absolute Gasteiger partial charge is 0.633 e. The molecular weight excluding hydrogens is 536 g/mol. The first-order chi connectivity index (χ1) is 20.0. The van der Waals surface area contributed by atoms with Crippen LogP contribution in [0.5, 0.6) is 0 Å². The van der Waals surface area contributed by atoms with Gasteiger partial charge in [-0.05, 0) is 82.9 Å². The molecule has 42 heavy (non-hydrogen) atoms. The number of alkyl carbamates (subject to hydrolysis) is 1. The van der Waals surface area contributed by atoms with E-state index in [1.165, 1.54) is 18.4 Å². The van der Waals surface area contributed by atoms with Crippen molar-refractivity contribution < 1.29 is 19.0 Å². The Morgan fingerprint density at radius 1 is 1.02 bits per heavy atom. The van der Waals surface area contributed by atoms with Crippen LogP contribution in [-0.4, -0.2) is 75.7 Å². The highest BCUT2D eigenvalue weighted by Crippen LogP contribution is 2.37. The lowest BCUT2D eigenvalue weighted by atomic mass is 9.88. The SMILES string of the molecule is CC(C)(C)OC(=O)N[C@@H]1CCCN(c2nnc(C(N)=O)c(Nc3ccc(C4CC[N+]([O-])(C5CCCC5)CC4)cc3)n2)C1. The third-order valence-corrected chi connectivity index (χ3v) is 8.68. The molecule has 0 bridgehead atoms. The topological polar surface area (TPSA) is 158 Å². The van der Waals surface area contributed by atoms with Crippen LogP contribution in [0.25, 0.3) is 0 Å². The molecule has 2 amide bonds. The van der Waals surface area contributed by atoms with Gasteiger partial charge in [-0.1, -0.05) is 12.1 Å². The zero-order chi connectivity index (χ0) is 29.9. The molecule has 12 nitrogen and oxygen atoms in total. The molecule has 2 saturated heterocycles. The summed E-state index contributed by atoms with van der Waals surface area (Å²) >= 11 is 0. The van der Waals surface area contributed by atoms with Crippen molar-refractivity contribution in [3.05, 3.63) is 40.7 Å². The van der Waals surface area contributed by atoms with Crippen LogP contribution >= 0.6 is 0 Å². The van der Waals surface area contributed by atoms with Crippen LogP contribution in [-0.2, 0) is 4.74 Å². The predicted molar refractivity (Wildman–Crippen MR) is 160 cm³/mol. The predicted octanol–water partition coefficient (Wildman–Crippen LogP) is 4.34. The summed E-state index contributed by atoms with van der Waals surface area (Å²) in [5.74, 6) is 0.214. The van der Waals surface area contributed by atoms with Gasteiger partial charge >= 0.3 is 6.09 Å². The van der Waals surface area contributed by atoms with Gasteiger partial charge in [0, 0.05) is 37.7 Å². The number of carbonyl (C=O) groups is 2. The zero-order valence-corrected chi connectivity index (χ0v) is 25.0. The zero-order valence-electron chi connectivity index (χ0n) is 25.0. The summed E-state index contributed by atoms with van der Waals surface area (Å²) in [7, 11) is 0. The Morgan fingerprint density at radius 2 is 1.71 bits per heavy atom. The van der Waals surface area contributed by atoms with Gasteiger partial charge in [-0.15, -0.1) is 10.2 Å². The number of piperidine rings is 2. The summed E-state index contributed by atoms with van der Waals surface area (Å²) in [6.07, 6.45) is 7.48. The Kier molecular flexibility index (Phi) is 8.84. The second kappa shape index (κ2) is 12.4. The number of ether oxygens (including phenoxy) is 1. The van der Waals surface area contributed by atoms with Gasteiger partial charge in [-0.2, -0.15) is 4.98 Å². The first-order valence-electron chi connectivity index (χ1n) is 15.2. The number of nitrogens with one attached hydrogen (secondary N) is 2. The maximum absolute atomic E-state index is 13.3. The molecule has 0 spiro atoms. The number of aromatic nitrogens is 3. The molecule has 12 heteroatoms. The third-order valence-electron chi connectivity index (χ3n) is 8.68. The number of hydrogen-bond donors (Lipinski definition) is 3. The van der Waals surface area contributed by atoms with Gasteiger partial charge in [0.05, 0.1) is 19.1 Å². The second-order valence-electron chi connectivity index (χ2n) is 13.0. The van der Waals surface area contributed by atoms with E-state index in [0.29, 0.717) is 44.1 Å².